The number of nitro groups is 1. The van der Waals surface area contributed by atoms with Gasteiger partial charge in [0.15, 0.2) is 6.10 Å². The normalized spacial score (nSPS) is 13.7. The van der Waals surface area contributed by atoms with Crippen molar-refractivity contribution >= 4 is 17.9 Å². The molecule has 18 heavy (non-hydrogen) atoms. The number of hydrogen-bond donors (Lipinski definition) is 3. The third-order valence-electron chi connectivity index (χ3n) is 2.30. The number of primary amides is 1. The van der Waals surface area contributed by atoms with Gasteiger partial charge in [-0.3, -0.25) is 19.7 Å². The third kappa shape index (κ3) is 2.67. The van der Waals surface area contributed by atoms with E-state index in [-0.39, 0.29) is 11.1 Å². The second-order valence-corrected chi connectivity index (χ2v) is 3.49. The summed E-state index contributed by atoms with van der Waals surface area (Å²) in [6.07, 6.45) is -3.40. The molecular formula is C10H10N2O6. The van der Waals surface area contributed by atoms with E-state index in [1.165, 1.54) is 6.07 Å². The Bertz CT molecular complexity index is 501. The molecule has 0 aliphatic carbocycles. The zero-order valence-electron chi connectivity index (χ0n) is 9.02. The van der Waals surface area contributed by atoms with Crippen LogP contribution < -0.4 is 5.73 Å². The lowest BCUT2D eigenvalue weighted by molar-refractivity contribution is -0.386. The Kier molecular flexibility index (Phi) is 4.08. The summed E-state index contributed by atoms with van der Waals surface area (Å²) in [5.74, 6) is -1.21. The molecule has 0 aliphatic rings. The number of nitrogens with two attached hydrogens (primary N) is 1. The lowest BCUT2D eigenvalue weighted by Crippen LogP contribution is -2.34. The molecule has 0 aliphatic heterocycles. The van der Waals surface area contributed by atoms with Crippen molar-refractivity contribution in [1.29, 1.82) is 0 Å². The number of aldehydes is 1. The summed E-state index contributed by atoms with van der Waals surface area (Å²) in [5.41, 5.74) is 3.94. The second-order valence-electron chi connectivity index (χ2n) is 3.49. The number of nitro benzene ring substituents is 1. The molecule has 2 unspecified atom stereocenters. The van der Waals surface area contributed by atoms with Gasteiger partial charge in [0.2, 0.25) is 5.91 Å². The van der Waals surface area contributed by atoms with Crippen molar-refractivity contribution in [2.24, 2.45) is 5.73 Å². The van der Waals surface area contributed by atoms with Crippen LogP contribution in [0.5, 0.6) is 0 Å². The van der Waals surface area contributed by atoms with Crippen molar-refractivity contribution in [3.8, 4) is 0 Å². The molecule has 0 saturated heterocycles. The molecule has 0 spiro atoms. The van der Waals surface area contributed by atoms with Gasteiger partial charge in [0.1, 0.15) is 12.4 Å². The average molecular weight is 254 g/mol. The molecule has 0 heterocycles. The minimum absolute atomic E-state index is 0.0335. The largest absolute Gasteiger partial charge is 0.385 e. The first-order valence-corrected chi connectivity index (χ1v) is 4.77. The van der Waals surface area contributed by atoms with E-state index in [1.807, 2.05) is 0 Å². The zero-order valence-corrected chi connectivity index (χ0v) is 9.02. The van der Waals surface area contributed by atoms with E-state index in [2.05, 4.69) is 0 Å². The van der Waals surface area contributed by atoms with Gasteiger partial charge in [-0.1, -0.05) is 6.07 Å². The van der Waals surface area contributed by atoms with Crippen LogP contribution in [0.3, 0.4) is 0 Å². The number of hydrogen-bond acceptors (Lipinski definition) is 6. The number of nitrogens with zero attached hydrogens (tertiary/aromatic N) is 1. The highest BCUT2D eigenvalue weighted by Gasteiger charge is 2.29. The number of carbonyl (C=O) groups is 2. The highest BCUT2D eigenvalue weighted by atomic mass is 16.6. The lowest BCUT2D eigenvalue weighted by atomic mass is 10.0. The molecule has 1 aromatic carbocycles. The topological polar surface area (TPSA) is 144 Å². The number of benzene rings is 1. The average Bonchev–Trinajstić information content (AvgIpc) is 2.35. The van der Waals surface area contributed by atoms with E-state index < -0.39 is 28.7 Å². The Labute approximate surface area is 101 Å². The molecule has 1 amide bonds. The van der Waals surface area contributed by atoms with Gasteiger partial charge in [-0.25, -0.2) is 0 Å². The van der Waals surface area contributed by atoms with Gasteiger partial charge in [0.05, 0.1) is 10.5 Å². The van der Waals surface area contributed by atoms with Gasteiger partial charge in [-0.2, -0.15) is 0 Å². The van der Waals surface area contributed by atoms with E-state index in [4.69, 9.17) is 5.73 Å². The van der Waals surface area contributed by atoms with Gasteiger partial charge >= 0.3 is 0 Å². The molecule has 1 rings (SSSR count). The third-order valence-corrected chi connectivity index (χ3v) is 2.30. The van der Waals surface area contributed by atoms with Crippen molar-refractivity contribution in [1.82, 2.24) is 0 Å². The maximum atomic E-state index is 10.8. The van der Waals surface area contributed by atoms with Gasteiger partial charge in [0, 0.05) is 11.6 Å². The van der Waals surface area contributed by atoms with Crippen molar-refractivity contribution in [3.05, 3.63) is 39.4 Å². The van der Waals surface area contributed by atoms with Crippen molar-refractivity contribution in [3.63, 3.8) is 0 Å². The summed E-state index contributed by atoms with van der Waals surface area (Å²) in [6, 6.07) is 3.23. The first-order chi connectivity index (χ1) is 8.38. The molecule has 1 aromatic rings. The fraction of sp³-hybridized carbons (Fsp3) is 0.200. The molecular weight excluding hydrogens is 244 g/mol. The smallest absolute Gasteiger partial charge is 0.276 e. The fourth-order valence-electron chi connectivity index (χ4n) is 1.37. The number of rotatable bonds is 5. The number of aliphatic hydroxyl groups is 2. The van der Waals surface area contributed by atoms with E-state index in [0.29, 0.717) is 6.29 Å². The molecule has 8 heteroatoms. The number of aliphatic hydroxyl groups excluding tert-OH is 2. The molecule has 0 aromatic heterocycles. The Hall–Kier alpha value is -2.32. The molecule has 2 atom stereocenters. The van der Waals surface area contributed by atoms with Crippen LogP contribution in [0.25, 0.3) is 0 Å². The molecule has 0 bridgehead atoms. The standard InChI is InChI=1S/C10H10N2O6/c11-10(16)9(15)8(14)6-2-1-5(4-13)3-7(6)12(17)18/h1-4,8-9,14-15H,(H2,11,16). The minimum Gasteiger partial charge on any atom is -0.385 e. The fourth-order valence-corrected chi connectivity index (χ4v) is 1.37. The Morgan fingerprint density at radius 1 is 1.44 bits per heavy atom. The summed E-state index contributed by atoms with van der Waals surface area (Å²) in [7, 11) is 0. The van der Waals surface area contributed by atoms with Gasteiger partial charge in [0.25, 0.3) is 5.69 Å². The van der Waals surface area contributed by atoms with E-state index >= 15 is 0 Å². The minimum atomic E-state index is -1.97. The predicted octanol–water partition coefficient (Wildman–Crippen LogP) is -0.713. The SMILES string of the molecule is NC(=O)C(O)C(O)c1ccc(C=O)cc1[N+](=O)[O-]. The van der Waals surface area contributed by atoms with Crippen LogP contribution in [0.15, 0.2) is 18.2 Å². The van der Waals surface area contributed by atoms with Crippen LogP contribution in [0.1, 0.15) is 22.0 Å². The number of amides is 1. The first-order valence-electron chi connectivity index (χ1n) is 4.77. The highest BCUT2D eigenvalue weighted by Crippen LogP contribution is 2.28. The maximum absolute atomic E-state index is 10.8. The van der Waals surface area contributed by atoms with Crippen molar-refractivity contribution < 1.29 is 24.7 Å². The monoisotopic (exact) mass is 254 g/mol. The summed E-state index contributed by atoms with van der Waals surface area (Å²) >= 11 is 0. The highest BCUT2D eigenvalue weighted by molar-refractivity contribution is 5.80. The van der Waals surface area contributed by atoms with E-state index in [0.717, 1.165) is 12.1 Å². The summed E-state index contributed by atoms with van der Waals surface area (Å²) in [5, 5.41) is 29.6. The van der Waals surface area contributed by atoms with Crippen molar-refractivity contribution in [2.75, 3.05) is 0 Å². The Balaban J connectivity index is 3.27. The van der Waals surface area contributed by atoms with Crippen LogP contribution in [0.2, 0.25) is 0 Å². The van der Waals surface area contributed by atoms with Crippen molar-refractivity contribution in [2.45, 2.75) is 12.2 Å². The number of carbonyl (C=O) groups excluding carboxylic acids is 2. The Morgan fingerprint density at radius 3 is 2.50 bits per heavy atom. The molecule has 8 nitrogen and oxygen atoms in total. The molecule has 0 saturated carbocycles. The van der Waals surface area contributed by atoms with Crippen LogP contribution >= 0.6 is 0 Å². The molecule has 0 fully saturated rings. The van der Waals surface area contributed by atoms with Crippen LogP contribution in [-0.4, -0.2) is 33.4 Å². The summed E-state index contributed by atoms with van der Waals surface area (Å²) < 4.78 is 0. The van der Waals surface area contributed by atoms with Gasteiger partial charge < -0.3 is 15.9 Å². The molecule has 96 valence electrons. The van der Waals surface area contributed by atoms with Crippen LogP contribution in [0.4, 0.5) is 5.69 Å². The Morgan fingerprint density at radius 2 is 2.06 bits per heavy atom. The van der Waals surface area contributed by atoms with E-state index in [1.54, 1.807) is 0 Å². The first kappa shape index (κ1) is 13.7. The maximum Gasteiger partial charge on any atom is 0.276 e. The van der Waals surface area contributed by atoms with E-state index in [9.17, 15) is 29.9 Å². The molecule has 4 N–H and O–H groups in total. The van der Waals surface area contributed by atoms with Gasteiger partial charge in [-0.05, 0) is 6.07 Å². The molecule has 0 radical (unpaired) electrons. The quantitative estimate of drug-likeness (QED) is 0.359. The summed E-state index contributed by atoms with van der Waals surface area (Å²) in [6.45, 7) is 0. The predicted molar refractivity (Wildman–Crippen MR) is 58.6 cm³/mol. The zero-order chi connectivity index (χ0) is 13.9. The summed E-state index contributed by atoms with van der Waals surface area (Å²) in [4.78, 5) is 31.1. The lowest BCUT2D eigenvalue weighted by Gasteiger charge is -2.15. The second kappa shape index (κ2) is 5.34. The van der Waals surface area contributed by atoms with Crippen LogP contribution in [-0.2, 0) is 4.79 Å². The van der Waals surface area contributed by atoms with Crippen LogP contribution in [0, 0.1) is 10.1 Å². The van der Waals surface area contributed by atoms with Gasteiger partial charge in [-0.15, -0.1) is 0 Å².